The fourth-order valence-corrected chi connectivity index (χ4v) is 7.10. The minimum Gasteiger partial charge on any atom is -0.457 e. The molecule has 2 heterocycles. The standard InChI is InChI=1S/C20H26O4/c1-17-6-5-15-13(14(17)2-3-16(17)21)4-7-18-12-19(22-10-11-23-19)8-9-20(15,18)24-18/h5,10-11,13-14,16,21H,2-4,6-9,12H2,1H3/t13-,14-,16+,17-,18+,20+/m0/s1. The van der Waals surface area contributed by atoms with Crippen LogP contribution in [-0.2, 0) is 14.2 Å². The van der Waals surface area contributed by atoms with Gasteiger partial charge in [-0.3, -0.25) is 0 Å². The lowest BCUT2D eigenvalue weighted by atomic mass is 9.54. The molecule has 0 unspecified atom stereocenters. The zero-order valence-electron chi connectivity index (χ0n) is 14.3. The van der Waals surface area contributed by atoms with Crippen molar-refractivity contribution in [2.24, 2.45) is 17.3 Å². The molecule has 24 heavy (non-hydrogen) atoms. The summed E-state index contributed by atoms with van der Waals surface area (Å²) >= 11 is 0. The van der Waals surface area contributed by atoms with Crippen LogP contribution in [0.1, 0.15) is 58.3 Å². The van der Waals surface area contributed by atoms with Crippen LogP contribution >= 0.6 is 0 Å². The van der Waals surface area contributed by atoms with Gasteiger partial charge in [-0.2, -0.15) is 0 Å². The zero-order chi connectivity index (χ0) is 16.2. The van der Waals surface area contributed by atoms with E-state index in [1.165, 1.54) is 12.8 Å². The van der Waals surface area contributed by atoms with Crippen molar-refractivity contribution in [1.82, 2.24) is 0 Å². The van der Waals surface area contributed by atoms with E-state index in [1.54, 1.807) is 18.1 Å². The Kier molecular flexibility index (Phi) is 2.39. The molecule has 4 fully saturated rings. The van der Waals surface area contributed by atoms with Crippen LogP contribution in [0.4, 0.5) is 0 Å². The summed E-state index contributed by atoms with van der Waals surface area (Å²) in [6.07, 6.45) is 13.9. The average molecular weight is 330 g/mol. The van der Waals surface area contributed by atoms with Crippen molar-refractivity contribution >= 4 is 0 Å². The van der Waals surface area contributed by atoms with E-state index in [9.17, 15) is 5.11 Å². The van der Waals surface area contributed by atoms with Crippen LogP contribution < -0.4 is 0 Å². The van der Waals surface area contributed by atoms with Crippen LogP contribution in [0.15, 0.2) is 24.2 Å². The number of aliphatic hydroxyl groups is 1. The van der Waals surface area contributed by atoms with Crippen LogP contribution in [-0.4, -0.2) is 28.2 Å². The van der Waals surface area contributed by atoms with Gasteiger partial charge in [0, 0.05) is 11.8 Å². The number of hydrogen-bond donors (Lipinski definition) is 1. The molecule has 1 saturated heterocycles. The second-order valence-corrected chi connectivity index (χ2v) is 9.23. The highest BCUT2D eigenvalue weighted by Crippen LogP contribution is 2.73. The Hall–Kier alpha value is -1.00. The monoisotopic (exact) mass is 330 g/mol. The van der Waals surface area contributed by atoms with Crippen molar-refractivity contribution in [2.45, 2.75) is 81.4 Å². The summed E-state index contributed by atoms with van der Waals surface area (Å²) in [6.45, 7) is 2.30. The molecule has 0 bridgehead atoms. The third-order valence-electron chi connectivity index (χ3n) is 8.43. The minimum atomic E-state index is -0.472. The molecule has 1 N–H and O–H groups in total. The third kappa shape index (κ3) is 1.42. The molecule has 0 aromatic heterocycles. The van der Waals surface area contributed by atoms with E-state index < -0.39 is 5.79 Å². The maximum Gasteiger partial charge on any atom is 0.252 e. The van der Waals surface area contributed by atoms with Crippen LogP contribution in [0.3, 0.4) is 0 Å². The summed E-state index contributed by atoms with van der Waals surface area (Å²) < 4.78 is 18.2. The number of ether oxygens (including phenoxy) is 3. The van der Waals surface area contributed by atoms with Gasteiger partial charge in [0.05, 0.1) is 12.5 Å². The molecule has 3 saturated carbocycles. The first kappa shape index (κ1) is 14.2. The fourth-order valence-electron chi connectivity index (χ4n) is 7.10. The summed E-state index contributed by atoms with van der Waals surface area (Å²) in [4.78, 5) is 0. The first-order chi connectivity index (χ1) is 11.5. The van der Waals surface area contributed by atoms with Crippen molar-refractivity contribution in [3.05, 3.63) is 24.2 Å². The molecule has 0 aromatic rings. The SMILES string of the molecule is C[C@]12CC=C3[C@@H](CC[C@@]45CC6(CC[C@@]34O5)OC=CO6)[C@@H]1CC[C@H]2O. The van der Waals surface area contributed by atoms with E-state index >= 15 is 0 Å². The highest BCUT2D eigenvalue weighted by Gasteiger charge is 2.79. The highest BCUT2D eigenvalue weighted by atomic mass is 16.7. The molecule has 6 rings (SSSR count). The molecule has 4 heteroatoms. The Labute approximate surface area is 142 Å². The Morgan fingerprint density at radius 1 is 1.08 bits per heavy atom. The van der Waals surface area contributed by atoms with Gasteiger partial charge in [-0.15, -0.1) is 0 Å². The maximum atomic E-state index is 10.5. The van der Waals surface area contributed by atoms with Gasteiger partial charge in [0.1, 0.15) is 23.7 Å². The van der Waals surface area contributed by atoms with Gasteiger partial charge < -0.3 is 19.3 Å². The molecular formula is C20H26O4. The lowest BCUT2D eigenvalue weighted by Gasteiger charge is -2.49. The highest BCUT2D eigenvalue weighted by molar-refractivity contribution is 5.43. The van der Waals surface area contributed by atoms with Gasteiger partial charge in [0.2, 0.25) is 0 Å². The largest absolute Gasteiger partial charge is 0.457 e. The Balaban J connectivity index is 1.36. The predicted molar refractivity (Wildman–Crippen MR) is 86.7 cm³/mol. The topological polar surface area (TPSA) is 51.2 Å². The van der Waals surface area contributed by atoms with Crippen molar-refractivity contribution in [1.29, 1.82) is 0 Å². The van der Waals surface area contributed by atoms with Crippen LogP contribution in [0, 0.1) is 17.3 Å². The molecule has 130 valence electrons. The molecule has 2 aliphatic heterocycles. The minimum absolute atomic E-state index is 0.0502. The second kappa shape index (κ2) is 4.04. The maximum absolute atomic E-state index is 10.5. The van der Waals surface area contributed by atoms with Gasteiger partial charge in [0.15, 0.2) is 0 Å². The Morgan fingerprint density at radius 2 is 1.92 bits per heavy atom. The summed E-state index contributed by atoms with van der Waals surface area (Å²) in [5, 5.41) is 10.5. The number of fused-ring (bicyclic) bond motifs is 3. The van der Waals surface area contributed by atoms with Crippen LogP contribution in [0.2, 0.25) is 0 Å². The van der Waals surface area contributed by atoms with E-state index in [2.05, 4.69) is 13.0 Å². The molecule has 1 spiro atoms. The molecule has 0 aromatic carbocycles. The van der Waals surface area contributed by atoms with E-state index in [-0.39, 0.29) is 22.7 Å². The molecule has 4 nitrogen and oxygen atoms in total. The number of aliphatic hydroxyl groups excluding tert-OH is 1. The molecule has 0 radical (unpaired) electrons. The van der Waals surface area contributed by atoms with Gasteiger partial charge in [-0.1, -0.05) is 13.0 Å². The molecule has 6 atom stereocenters. The van der Waals surface area contributed by atoms with E-state index in [0.717, 1.165) is 38.5 Å². The van der Waals surface area contributed by atoms with E-state index in [0.29, 0.717) is 11.8 Å². The molecular weight excluding hydrogens is 304 g/mol. The lowest BCUT2D eigenvalue weighted by Crippen LogP contribution is -2.52. The predicted octanol–water partition coefficient (Wildman–Crippen LogP) is 3.41. The fraction of sp³-hybridized carbons (Fsp3) is 0.800. The van der Waals surface area contributed by atoms with Gasteiger partial charge in [-0.25, -0.2) is 0 Å². The zero-order valence-corrected chi connectivity index (χ0v) is 14.3. The van der Waals surface area contributed by atoms with E-state index in [4.69, 9.17) is 14.2 Å². The summed E-state index contributed by atoms with van der Waals surface area (Å²) in [5.74, 6) is 0.759. The quantitative estimate of drug-likeness (QED) is 0.546. The third-order valence-corrected chi connectivity index (χ3v) is 8.43. The first-order valence-electron chi connectivity index (χ1n) is 9.62. The summed E-state index contributed by atoms with van der Waals surface area (Å²) in [6, 6.07) is 0. The lowest BCUT2D eigenvalue weighted by molar-refractivity contribution is -0.171. The molecule has 4 aliphatic carbocycles. The van der Waals surface area contributed by atoms with Crippen molar-refractivity contribution in [3.63, 3.8) is 0 Å². The van der Waals surface area contributed by atoms with Gasteiger partial charge in [-0.05, 0) is 55.9 Å². The van der Waals surface area contributed by atoms with Crippen molar-refractivity contribution in [3.8, 4) is 0 Å². The first-order valence-corrected chi connectivity index (χ1v) is 9.62. The summed E-state index contributed by atoms with van der Waals surface area (Å²) in [7, 11) is 0. The number of epoxide rings is 1. The van der Waals surface area contributed by atoms with Gasteiger partial charge >= 0.3 is 0 Å². The number of hydrogen-bond acceptors (Lipinski definition) is 4. The van der Waals surface area contributed by atoms with Crippen molar-refractivity contribution < 1.29 is 19.3 Å². The van der Waals surface area contributed by atoms with Crippen molar-refractivity contribution in [2.75, 3.05) is 0 Å². The number of allylic oxidation sites excluding steroid dienone is 1. The molecule has 6 aliphatic rings. The normalized spacial score (nSPS) is 55.6. The smallest absolute Gasteiger partial charge is 0.252 e. The van der Waals surface area contributed by atoms with E-state index in [1.807, 2.05) is 0 Å². The van der Waals surface area contributed by atoms with Crippen LogP contribution in [0.25, 0.3) is 0 Å². The Morgan fingerprint density at radius 3 is 2.75 bits per heavy atom. The molecule has 0 amide bonds. The summed E-state index contributed by atoms with van der Waals surface area (Å²) in [5.41, 5.74) is 1.53. The average Bonchev–Trinajstić information content (AvgIpc) is 2.88. The van der Waals surface area contributed by atoms with Crippen LogP contribution in [0.5, 0.6) is 0 Å². The Bertz CT molecular complexity index is 661. The van der Waals surface area contributed by atoms with Gasteiger partial charge in [0.25, 0.3) is 5.79 Å². The number of rotatable bonds is 0. The second-order valence-electron chi connectivity index (χ2n) is 9.23.